The lowest BCUT2D eigenvalue weighted by atomic mass is 10.0. The second-order valence-corrected chi connectivity index (χ2v) is 5.05. The van der Waals surface area contributed by atoms with Gasteiger partial charge in [0.05, 0.1) is 6.61 Å². The van der Waals surface area contributed by atoms with Gasteiger partial charge in [0.15, 0.2) is 0 Å². The number of amides is 1. The molecule has 0 radical (unpaired) electrons. The summed E-state index contributed by atoms with van der Waals surface area (Å²) in [6, 6.07) is 7.90. The average Bonchev–Trinajstić information content (AvgIpc) is 2.41. The lowest BCUT2D eigenvalue weighted by molar-refractivity contribution is -0.114. The van der Waals surface area contributed by atoms with E-state index in [9.17, 15) is 4.79 Å². The Morgan fingerprint density at radius 2 is 2.26 bits per heavy atom. The summed E-state index contributed by atoms with van der Waals surface area (Å²) < 4.78 is 5.46. The first-order valence-electron chi connectivity index (χ1n) is 6.89. The molecule has 1 heterocycles. The van der Waals surface area contributed by atoms with Gasteiger partial charge < -0.3 is 15.4 Å². The van der Waals surface area contributed by atoms with Crippen LogP contribution >= 0.6 is 0 Å². The molecule has 0 bridgehead atoms. The molecule has 1 atom stereocenters. The van der Waals surface area contributed by atoms with Crippen molar-refractivity contribution in [1.82, 2.24) is 5.32 Å². The fourth-order valence-corrected chi connectivity index (χ4v) is 2.37. The number of carbonyl (C=O) groups excluding carboxylic acids is 1. The summed E-state index contributed by atoms with van der Waals surface area (Å²) in [5, 5.41) is 6.31. The van der Waals surface area contributed by atoms with Gasteiger partial charge in [0.2, 0.25) is 5.91 Å². The van der Waals surface area contributed by atoms with Crippen molar-refractivity contribution in [2.75, 3.05) is 25.1 Å². The van der Waals surface area contributed by atoms with Crippen molar-refractivity contribution >= 4 is 11.6 Å². The Morgan fingerprint density at radius 3 is 3.00 bits per heavy atom. The summed E-state index contributed by atoms with van der Waals surface area (Å²) in [5.74, 6) is 0.579. The van der Waals surface area contributed by atoms with Crippen LogP contribution in [-0.2, 0) is 16.1 Å². The van der Waals surface area contributed by atoms with Gasteiger partial charge in [-0.05, 0) is 30.4 Å². The summed E-state index contributed by atoms with van der Waals surface area (Å²) >= 11 is 0. The third-order valence-electron chi connectivity index (χ3n) is 3.33. The van der Waals surface area contributed by atoms with E-state index in [2.05, 4.69) is 10.6 Å². The predicted octanol–water partition coefficient (Wildman–Crippen LogP) is 2.16. The SMILES string of the molecule is CC(=O)Nc1ccccc1CNCC1CCCOC1. The van der Waals surface area contributed by atoms with Crippen molar-refractivity contribution in [2.24, 2.45) is 5.92 Å². The number of carbonyl (C=O) groups is 1. The summed E-state index contributed by atoms with van der Waals surface area (Å²) in [5.41, 5.74) is 2.01. The predicted molar refractivity (Wildman–Crippen MR) is 76.0 cm³/mol. The van der Waals surface area contributed by atoms with Gasteiger partial charge in [-0.3, -0.25) is 4.79 Å². The first kappa shape index (κ1) is 14.0. The maximum atomic E-state index is 11.1. The van der Waals surface area contributed by atoms with Crippen LogP contribution < -0.4 is 10.6 Å². The molecular weight excluding hydrogens is 240 g/mol. The zero-order chi connectivity index (χ0) is 13.5. The van der Waals surface area contributed by atoms with Crippen molar-refractivity contribution < 1.29 is 9.53 Å². The second-order valence-electron chi connectivity index (χ2n) is 5.05. The number of hydrogen-bond acceptors (Lipinski definition) is 3. The molecule has 1 unspecified atom stereocenters. The molecule has 2 N–H and O–H groups in total. The number of ether oxygens (including phenoxy) is 1. The molecule has 1 aromatic rings. The maximum absolute atomic E-state index is 11.1. The van der Waals surface area contributed by atoms with E-state index in [1.807, 2.05) is 24.3 Å². The van der Waals surface area contributed by atoms with E-state index in [1.54, 1.807) is 0 Å². The Bertz CT molecular complexity index is 414. The topological polar surface area (TPSA) is 50.4 Å². The van der Waals surface area contributed by atoms with Crippen LogP contribution in [0.25, 0.3) is 0 Å². The summed E-state index contributed by atoms with van der Waals surface area (Å²) in [7, 11) is 0. The maximum Gasteiger partial charge on any atom is 0.221 e. The molecule has 1 fully saturated rings. The monoisotopic (exact) mass is 262 g/mol. The number of rotatable bonds is 5. The Morgan fingerprint density at radius 1 is 1.42 bits per heavy atom. The smallest absolute Gasteiger partial charge is 0.221 e. The number of benzene rings is 1. The molecule has 0 spiro atoms. The van der Waals surface area contributed by atoms with Crippen molar-refractivity contribution in [3.63, 3.8) is 0 Å². The molecule has 1 aromatic carbocycles. The minimum absolute atomic E-state index is 0.0341. The Labute approximate surface area is 114 Å². The number of nitrogens with one attached hydrogen (secondary N) is 2. The van der Waals surface area contributed by atoms with Gasteiger partial charge in [-0.1, -0.05) is 18.2 Å². The lowest BCUT2D eigenvalue weighted by Gasteiger charge is -2.22. The first-order valence-corrected chi connectivity index (χ1v) is 6.89. The standard InChI is InChI=1S/C15H22N2O2/c1-12(18)17-15-7-3-2-6-14(15)10-16-9-13-5-4-8-19-11-13/h2-3,6-7,13,16H,4-5,8-11H2,1H3,(H,17,18). The zero-order valence-electron chi connectivity index (χ0n) is 11.4. The van der Waals surface area contributed by atoms with E-state index in [0.717, 1.165) is 44.0 Å². The van der Waals surface area contributed by atoms with E-state index >= 15 is 0 Å². The second kappa shape index (κ2) is 7.26. The molecule has 4 heteroatoms. The van der Waals surface area contributed by atoms with Crippen LogP contribution in [0.5, 0.6) is 0 Å². The summed E-state index contributed by atoms with van der Waals surface area (Å²) in [6.07, 6.45) is 2.40. The normalized spacial score (nSPS) is 19.1. The Kier molecular flexibility index (Phi) is 5.36. The third-order valence-corrected chi connectivity index (χ3v) is 3.33. The highest BCUT2D eigenvalue weighted by molar-refractivity contribution is 5.89. The molecule has 4 nitrogen and oxygen atoms in total. The molecule has 1 aliphatic rings. The Balaban J connectivity index is 1.83. The molecule has 19 heavy (non-hydrogen) atoms. The first-order chi connectivity index (χ1) is 9.25. The minimum Gasteiger partial charge on any atom is -0.381 e. The van der Waals surface area contributed by atoms with Crippen molar-refractivity contribution in [1.29, 1.82) is 0 Å². The molecular formula is C15H22N2O2. The number of hydrogen-bond donors (Lipinski definition) is 2. The third kappa shape index (κ3) is 4.65. The average molecular weight is 262 g/mol. The lowest BCUT2D eigenvalue weighted by Crippen LogP contribution is -2.29. The fourth-order valence-electron chi connectivity index (χ4n) is 2.37. The van der Waals surface area contributed by atoms with Gasteiger partial charge in [0.25, 0.3) is 0 Å². The number of anilines is 1. The van der Waals surface area contributed by atoms with Crippen LogP contribution in [-0.4, -0.2) is 25.7 Å². The van der Waals surface area contributed by atoms with Crippen LogP contribution in [0.4, 0.5) is 5.69 Å². The van der Waals surface area contributed by atoms with Gasteiger partial charge in [-0.2, -0.15) is 0 Å². The molecule has 1 amide bonds. The molecule has 1 saturated heterocycles. The van der Waals surface area contributed by atoms with E-state index in [1.165, 1.54) is 13.3 Å². The highest BCUT2D eigenvalue weighted by atomic mass is 16.5. The quantitative estimate of drug-likeness (QED) is 0.855. The van der Waals surface area contributed by atoms with Gasteiger partial charge in [0.1, 0.15) is 0 Å². The van der Waals surface area contributed by atoms with Gasteiger partial charge >= 0.3 is 0 Å². The van der Waals surface area contributed by atoms with Crippen LogP contribution in [0.15, 0.2) is 24.3 Å². The van der Waals surface area contributed by atoms with Crippen molar-refractivity contribution in [3.05, 3.63) is 29.8 Å². The minimum atomic E-state index is -0.0341. The van der Waals surface area contributed by atoms with E-state index in [4.69, 9.17) is 4.74 Å². The highest BCUT2D eigenvalue weighted by Gasteiger charge is 2.13. The number of para-hydroxylation sites is 1. The van der Waals surface area contributed by atoms with Crippen LogP contribution in [0.1, 0.15) is 25.3 Å². The molecule has 1 aliphatic heterocycles. The summed E-state index contributed by atoms with van der Waals surface area (Å²) in [4.78, 5) is 11.1. The van der Waals surface area contributed by atoms with E-state index < -0.39 is 0 Å². The van der Waals surface area contributed by atoms with Crippen LogP contribution in [0, 0.1) is 5.92 Å². The molecule has 0 aromatic heterocycles. The highest BCUT2D eigenvalue weighted by Crippen LogP contribution is 2.16. The van der Waals surface area contributed by atoms with Crippen molar-refractivity contribution in [2.45, 2.75) is 26.3 Å². The largest absolute Gasteiger partial charge is 0.381 e. The van der Waals surface area contributed by atoms with Gasteiger partial charge in [-0.15, -0.1) is 0 Å². The fraction of sp³-hybridized carbons (Fsp3) is 0.533. The molecule has 104 valence electrons. The van der Waals surface area contributed by atoms with Crippen LogP contribution in [0.3, 0.4) is 0 Å². The van der Waals surface area contributed by atoms with Crippen LogP contribution in [0.2, 0.25) is 0 Å². The van der Waals surface area contributed by atoms with E-state index in [0.29, 0.717) is 5.92 Å². The molecule has 0 aliphatic carbocycles. The molecule has 2 rings (SSSR count). The van der Waals surface area contributed by atoms with Gasteiger partial charge in [-0.25, -0.2) is 0 Å². The van der Waals surface area contributed by atoms with Crippen molar-refractivity contribution in [3.8, 4) is 0 Å². The van der Waals surface area contributed by atoms with E-state index in [-0.39, 0.29) is 5.91 Å². The molecule has 0 saturated carbocycles. The zero-order valence-corrected chi connectivity index (χ0v) is 11.4. The Hall–Kier alpha value is -1.39. The summed E-state index contributed by atoms with van der Waals surface area (Å²) in [6.45, 7) is 5.03. The van der Waals surface area contributed by atoms with Gasteiger partial charge in [0, 0.05) is 32.3 Å².